The number of benzene rings is 2. The van der Waals surface area contributed by atoms with Crippen LogP contribution >= 0.6 is 0 Å². The molecule has 3 aromatic rings. The van der Waals surface area contributed by atoms with Gasteiger partial charge in [-0.2, -0.15) is 0 Å². The number of primary amides is 1. The van der Waals surface area contributed by atoms with E-state index in [2.05, 4.69) is 15.3 Å². The van der Waals surface area contributed by atoms with E-state index in [1.165, 1.54) is 12.1 Å². The minimum Gasteiger partial charge on any atom is -0.373 e. The number of carbonyl (C=O) groups is 1. The van der Waals surface area contributed by atoms with Crippen LogP contribution in [0.2, 0.25) is 0 Å². The smallest absolute Gasteiger partial charge is 0.240 e. The van der Waals surface area contributed by atoms with E-state index in [4.69, 9.17) is 11.5 Å². The first-order valence-electron chi connectivity index (χ1n) is 8.00. The highest BCUT2D eigenvalue weighted by Gasteiger charge is 2.16. The Morgan fingerprint density at radius 3 is 2.58 bits per heavy atom. The fourth-order valence-electron chi connectivity index (χ4n) is 2.60. The highest BCUT2D eigenvalue weighted by atomic mass is 19.1. The number of amides is 1. The van der Waals surface area contributed by atoms with Gasteiger partial charge in [-0.25, -0.2) is 14.4 Å². The lowest BCUT2D eigenvalue weighted by atomic mass is 10.0. The first-order chi connectivity index (χ1) is 12.5. The van der Waals surface area contributed by atoms with Gasteiger partial charge in [0.05, 0.1) is 5.69 Å². The zero-order valence-corrected chi connectivity index (χ0v) is 13.9. The number of nitrogens with two attached hydrogens (primary N) is 2. The van der Waals surface area contributed by atoms with E-state index in [-0.39, 0.29) is 18.2 Å². The van der Waals surface area contributed by atoms with Crippen molar-refractivity contribution in [3.8, 4) is 11.3 Å². The summed E-state index contributed by atoms with van der Waals surface area (Å²) in [5, 5.41) is 3.08. The SMILES string of the molecule is NC(=O)C(Cc1cccc(F)c1)Nc1ccc(-c2ccnc(N)n2)cc1. The number of nitrogen functional groups attached to an aromatic ring is 1. The lowest BCUT2D eigenvalue weighted by Crippen LogP contribution is -2.37. The molecule has 6 nitrogen and oxygen atoms in total. The van der Waals surface area contributed by atoms with E-state index in [0.717, 1.165) is 11.3 Å². The molecule has 1 heterocycles. The topological polar surface area (TPSA) is 107 Å². The Kier molecular flexibility index (Phi) is 5.07. The first-order valence-corrected chi connectivity index (χ1v) is 8.00. The molecule has 1 unspecified atom stereocenters. The van der Waals surface area contributed by atoms with Crippen molar-refractivity contribution in [2.75, 3.05) is 11.1 Å². The number of halogens is 1. The Balaban J connectivity index is 1.74. The molecule has 5 N–H and O–H groups in total. The minimum absolute atomic E-state index is 0.202. The van der Waals surface area contributed by atoms with Crippen molar-refractivity contribution in [1.29, 1.82) is 0 Å². The maximum Gasteiger partial charge on any atom is 0.240 e. The van der Waals surface area contributed by atoms with Crippen LogP contribution in [0.4, 0.5) is 16.0 Å². The zero-order chi connectivity index (χ0) is 18.5. The third-order valence-corrected chi connectivity index (χ3v) is 3.87. The van der Waals surface area contributed by atoms with Crippen molar-refractivity contribution in [2.24, 2.45) is 5.73 Å². The van der Waals surface area contributed by atoms with Gasteiger partial charge in [0, 0.05) is 23.9 Å². The van der Waals surface area contributed by atoms with Gasteiger partial charge in [-0.15, -0.1) is 0 Å². The molecule has 0 saturated heterocycles. The molecule has 1 amide bonds. The van der Waals surface area contributed by atoms with Crippen LogP contribution in [-0.2, 0) is 11.2 Å². The summed E-state index contributed by atoms with van der Waals surface area (Å²) < 4.78 is 13.3. The molecule has 7 heteroatoms. The van der Waals surface area contributed by atoms with Gasteiger partial charge < -0.3 is 16.8 Å². The fraction of sp³-hybridized carbons (Fsp3) is 0.105. The largest absolute Gasteiger partial charge is 0.373 e. The van der Waals surface area contributed by atoms with Crippen molar-refractivity contribution in [1.82, 2.24) is 9.97 Å². The van der Waals surface area contributed by atoms with Gasteiger partial charge >= 0.3 is 0 Å². The van der Waals surface area contributed by atoms with Gasteiger partial charge in [0.15, 0.2) is 0 Å². The van der Waals surface area contributed by atoms with Crippen LogP contribution in [0.5, 0.6) is 0 Å². The van der Waals surface area contributed by atoms with E-state index >= 15 is 0 Å². The van der Waals surface area contributed by atoms with Crippen molar-refractivity contribution >= 4 is 17.5 Å². The van der Waals surface area contributed by atoms with Gasteiger partial charge in [0.2, 0.25) is 11.9 Å². The Morgan fingerprint density at radius 1 is 1.15 bits per heavy atom. The minimum atomic E-state index is -0.655. The van der Waals surface area contributed by atoms with Crippen molar-refractivity contribution < 1.29 is 9.18 Å². The first kappa shape index (κ1) is 17.3. The molecular formula is C19H18FN5O. The summed E-state index contributed by atoms with van der Waals surface area (Å²) in [5.74, 6) is -0.658. The second-order valence-electron chi connectivity index (χ2n) is 5.81. The van der Waals surface area contributed by atoms with Crippen molar-refractivity contribution in [2.45, 2.75) is 12.5 Å². The summed E-state index contributed by atoms with van der Waals surface area (Å²) in [7, 11) is 0. The summed E-state index contributed by atoms with van der Waals surface area (Å²) in [6.45, 7) is 0. The lowest BCUT2D eigenvalue weighted by molar-refractivity contribution is -0.118. The standard InChI is InChI=1S/C19H18FN5O/c20-14-3-1-2-12(10-14)11-17(18(21)26)24-15-6-4-13(5-7-15)16-8-9-23-19(22)25-16/h1-10,17,24H,11H2,(H2,21,26)(H2,22,23,25). The lowest BCUT2D eigenvalue weighted by Gasteiger charge is -2.17. The molecule has 1 aromatic heterocycles. The maximum absolute atomic E-state index is 13.3. The van der Waals surface area contributed by atoms with Gasteiger partial charge in [-0.1, -0.05) is 24.3 Å². The van der Waals surface area contributed by atoms with Crippen LogP contribution < -0.4 is 16.8 Å². The molecule has 0 radical (unpaired) electrons. The predicted octanol–water partition coefficient (Wildman–Crippen LogP) is 2.37. The van der Waals surface area contributed by atoms with Crippen molar-refractivity contribution in [3.05, 3.63) is 72.2 Å². The van der Waals surface area contributed by atoms with Crippen molar-refractivity contribution in [3.63, 3.8) is 0 Å². The second-order valence-corrected chi connectivity index (χ2v) is 5.81. The van der Waals surface area contributed by atoms with Crippen LogP contribution in [0, 0.1) is 5.82 Å². The summed E-state index contributed by atoms with van der Waals surface area (Å²) in [6.07, 6.45) is 1.88. The molecule has 0 aliphatic rings. The average molecular weight is 351 g/mol. The molecule has 0 fully saturated rings. The molecule has 3 rings (SSSR count). The van der Waals surface area contributed by atoms with Crippen LogP contribution in [0.25, 0.3) is 11.3 Å². The molecular weight excluding hydrogens is 333 g/mol. The quantitative estimate of drug-likeness (QED) is 0.632. The summed E-state index contributed by atoms with van der Waals surface area (Å²) in [5.41, 5.74) is 14.1. The van der Waals surface area contributed by atoms with E-state index in [9.17, 15) is 9.18 Å². The van der Waals surface area contributed by atoms with Gasteiger partial charge in [0.1, 0.15) is 11.9 Å². The number of carbonyl (C=O) groups excluding carboxylic acids is 1. The number of hydrogen-bond donors (Lipinski definition) is 3. The number of anilines is 2. The van der Waals surface area contributed by atoms with Gasteiger partial charge in [-0.3, -0.25) is 4.79 Å². The van der Waals surface area contributed by atoms with E-state index in [0.29, 0.717) is 11.3 Å². The molecule has 132 valence electrons. The molecule has 2 aromatic carbocycles. The number of hydrogen-bond acceptors (Lipinski definition) is 5. The maximum atomic E-state index is 13.3. The summed E-state index contributed by atoms with van der Waals surface area (Å²) >= 11 is 0. The molecule has 0 bridgehead atoms. The number of nitrogens with zero attached hydrogens (tertiary/aromatic N) is 2. The normalized spacial score (nSPS) is 11.7. The molecule has 26 heavy (non-hydrogen) atoms. The monoisotopic (exact) mass is 351 g/mol. The Bertz CT molecular complexity index is 914. The number of nitrogens with one attached hydrogen (secondary N) is 1. The zero-order valence-electron chi connectivity index (χ0n) is 13.9. The summed E-state index contributed by atoms with van der Waals surface area (Å²) in [4.78, 5) is 19.8. The third kappa shape index (κ3) is 4.32. The predicted molar refractivity (Wildman–Crippen MR) is 98.6 cm³/mol. The van der Waals surface area contributed by atoms with Crippen LogP contribution in [0.3, 0.4) is 0 Å². The van der Waals surface area contributed by atoms with Gasteiger partial charge in [0.25, 0.3) is 0 Å². The highest BCUT2D eigenvalue weighted by Crippen LogP contribution is 2.20. The van der Waals surface area contributed by atoms with Gasteiger partial charge in [-0.05, 0) is 35.9 Å². The highest BCUT2D eigenvalue weighted by molar-refractivity contribution is 5.83. The molecule has 1 atom stereocenters. The molecule has 0 aliphatic heterocycles. The van der Waals surface area contributed by atoms with E-state index in [1.807, 2.05) is 24.3 Å². The Labute approximate surface area is 150 Å². The van der Waals surface area contributed by atoms with Crippen LogP contribution in [-0.4, -0.2) is 21.9 Å². The molecule has 0 aliphatic carbocycles. The van der Waals surface area contributed by atoms with E-state index in [1.54, 1.807) is 24.4 Å². The average Bonchev–Trinajstić information content (AvgIpc) is 2.62. The van der Waals surface area contributed by atoms with Crippen LogP contribution in [0.1, 0.15) is 5.56 Å². The second kappa shape index (κ2) is 7.60. The Morgan fingerprint density at radius 2 is 1.92 bits per heavy atom. The number of aromatic nitrogens is 2. The van der Waals surface area contributed by atoms with E-state index < -0.39 is 11.9 Å². The Hall–Kier alpha value is -3.48. The number of rotatable bonds is 6. The third-order valence-electron chi connectivity index (χ3n) is 3.87. The fourth-order valence-corrected chi connectivity index (χ4v) is 2.60. The molecule has 0 saturated carbocycles. The van der Waals surface area contributed by atoms with Crippen LogP contribution in [0.15, 0.2) is 60.8 Å². The summed E-state index contributed by atoms with van der Waals surface area (Å²) in [6, 6.07) is 14.5. The molecule has 0 spiro atoms.